The Bertz CT molecular complexity index is 518. The SMILES string of the molecule is NC(CCC(=O)O)C(=O)NCc1cc(C(=O)O)ccn1. The van der Waals surface area contributed by atoms with Gasteiger partial charge in [-0.3, -0.25) is 14.6 Å². The zero-order chi connectivity index (χ0) is 15.1. The third kappa shape index (κ3) is 5.02. The Morgan fingerprint density at radius 1 is 1.35 bits per heavy atom. The van der Waals surface area contributed by atoms with Crippen LogP contribution in [0.2, 0.25) is 0 Å². The van der Waals surface area contributed by atoms with Crippen LogP contribution in [0.15, 0.2) is 18.3 Å². The van der Waals surface area contributed by atoms with Gasteiger partial charge < -0.3 is 21.3 Å². The number of carbonyl (C=O) groups excluding carboxylic acids is 1. The number of aromatic carboxylic acids is 1. The minimum atomic E-state index is -1.09. The van der Waals surface area contributed by atoms with Crippen LogP contribution in [0.25, 0.3) is 0 Å². The molecule has 20 heavy (non-hydrogen) atoms. The van der Waals surface area contributed by atoms with Crippen molar-refractivity contribution in [1.82, 2.24) is 10.3 Å². The summed E-state index contributed by atoms with van der Waals surface area (Å²) >= 11 is 0. The standard InChI is InChI=1S/C12H15N3O5/c13-9(1-2-10(16)17)11(18)15-6-8-5-7(12(19)20)3-4-14-8/h3-5,9H,1-2,6,13H2,(H,15,18)(H,16,17)(H,19,20). The fraction of sp³-hybridized carbons (Fsp3) is 0.333. The summed E-state index contributed by atoms with van der Waals surface area (Å²) in [5.41, 5.74) is 5.97. The zero-order valence-electron chi connectivity index (χ0n) is 10.6. The third-order valence-corrected chi connectivity index (χ3v) is 2.51. The predicted molar refractivity (Wildman–Crippen MR) is 67.9 cm³/mol. The van der Waals surface area contributed by atoms with Crippen LogP contribution in [-0.4, -0.2) is 39.1 Å². The first-order valence-corrected chi connectivity index (χ1v) is 5.83. The van der Waals surface area contributed by atoms with Gasteiger partial charge >= 0.3 is 11.9 Å². The summed E-state index contributed by atoms with van der Waals surface area (Å²) in [6.07, 6.45) is 1.17. The van der Waals surface area contributed by atoms with Gasteiger partial charge in [0.1, 0.15) is 0 Å². The molecule has 0 aliphatic heterocycles. The van der Waals surface area contributed by atoms with Crippen LogP contribution < -0.4 is 11.1 Å². The molecule has 0 saturated heterocycles. The molecule has 0 bridgehead atoms. The second kappa shape index (κ2) is 7.19. The van der Waals surface area contributed by atoms with Crippen LogP contribution in [0.1, 0.15) is 28.9 Å². The van der Waals surface area contributed by atoms with Crippen LogP contribution in [0, 0.1) is 0 Å². The van der Waals surface area contributed by atoms with E-state index >= 15 is 0 Å². The van der Waals surface area contributed by atoms with Crippen molar-refractivity contribution in [3.05, 3.63) is 29.6 Å². The minimum absolute atomic E-state index is 0.0285. The maximum absolute atomic E-state index is 11.6. The van der Waals surface area contributed by atoms with Gasteiger partial charge in [-0.15, -0.1) is 0 Å². The topological polar surface area (TPSA) is 143 Å². The summed E-state index contributed by atoms with van der Waals surface area (Å²) < 4.78 is 0. The van der Waals surface area contributed by atoms with Gasteiger partial charge in [-0.05, 0) is 18.6 Å². The van der Waals surface area contributed by atoms with Crippen LogP contribution in [0.5, 0.6) is 0 Å². The Kier molecular flexibility index (Phi) is 5.60. The highest BCUT2D eigenvalue weighted by molar-refractivity contribution is 5.87. The molecule has 108 valence electrons. The molecule has 1 aromatic rings. The number of nitrogens with zero attached hydrogens (tertiary/aromatic N) is 1. The Hall–Kier alpha value is -2.48. The van der Waals surface area contributed by atoms with Crippen molar-refractivity contribution in [1.29, 1.82) is 0 Å². The lowest BCUT2D eigenvalue weighted by molar-refractivity contribution is -0.137. The largest absolute Gasteiger partial charge is 0.481 e. The number of carboxylic acids is 2. The van der Waals surface area contributed by atoms with Crippen molar-refractivity contribution in [3.63, 3.8) is 0 Å². The van der Waals surface area contributed by atoms with Gasteiger partial charge in [0.15, 0.2) is 0 Å². The Morgan fingerprint density at radius 2 is 2.05 bits per heavy atom. The number of pyridine rings is 1. The quantitative estimate of drug-likeness (QED) is 0.532. The van der Waals surface area contributed by atoms with Gasteiger partial charge in [0.25, 0.3) is 0 Å². The monoisotopic (exact) mass is 281 g/mol. The summed E-state index contributed by atoms with van der Waals surface area (Å²) in [7, 11) is 0. The maximum atomic E-state index is 11.6. The second-order valence-electron chi connectivity index (χ2n) is 4.10. The molecule has 0 fully saturated rings. The highest BCUT2D eigenvalue weighted by atomic mass is 16.4. The average molecular weight is 281 g/mol. The van der Waals surface area contributed by atoms with Gasteiger partial charge in [0.05, 0.1) is 23.8 Å². The predicted octanol–water partition coefficient (Wildman–Crippen LogP) is -0.412. The van der Waals surface area contributed by atoms with E-state index in [1.165, 1.54) is 18.3 Å². The van der Waals surface area contributed by atoms with Gasteiger partial charge in [0.2, 0.25) is 5.91 Å². The second-order valence-corrected chi connectivity index (χ2v) is 4.10. The first-order chi connectivity index (χ1) is 9.40. The summed E-state index contributed by atoms with van der Waals surface area (Å²) in [4.78, 5) is 36.6. The molecule has 0 aromatic carbocycles. The number of hydrogen-bond acceptors (Lipinski definition) is 5. The minimum Gasteiger partial charge on any atom is -0.481 e. The van der Waals surface area contributed by atoms with E-state index < -0.39 is 23.9 Å². The molecule has 0 radical (unpaired) electrons. The van der Waals surface area contributed by atoms with Crippen LogP contribution in [0.3, 0.4) is 0 Å². The number of carboxylic acid groups (broad SMARTS) is 2. The summed E-state index contributed by atoms with van der Waals surface area (Å²) in [6.45, 7) is 0.0285. The molecule has 8 nitrogen and oxygen atoms in total. The lowest BCUT2D eigenvalue weighted by Crippen LogP contribution is -2.40. The van der Waals surface area contributed by atoms with E-state index in [0.717, 1.165) is 0 Å². The molecule has 0 saturated carbocycles. The van der Waals surface area contributed by atoms with Crippen LogP contribution >= 0.6 is 0 Å². The highest BCUT2D eigenvalue weighted by Crippen LogP contribution is 2.02. The molecule has 5 N–H and O–H groups in total. The molecule has 1 rings (SSSR count). The van der Waals surface area contributed by atoms with E-state index in [9.17, 15) is 14.4 Å². The molecule has 1 heterocycles. The van der Waals surface area contributed by atoms with E-state index in [2.05, 4.69) is 10.3 Å². The van der Waals surface area contributed by atoms with Crippen LogP contribution in [-0.2, 0) is 16.1 Å². The average Bonchev–Trinajstić information content (AvgIpc) is 2.42. The Balaban J connectivity index is 2.50. The number of aromatic nitrogens is 1. The lowest BCUT2D eigenvalue weighted by atomic mass is 10.1. The molecular formula is C12H15N3O5. The number of rotatable bonds is 7. The first kappa shape index (κ1) is 15.6. The molecule has 1 atom stereocenters. The fourth-order valence-corrected chi connectivity index (χ4v) is 1.43. The van der Waals surface area contributed by atoms with E-state index in [1.807, 2.05) is 0 Å². The third-order valence-electron chi connectivity index (χ3n) is 2.51. The molecule has 0 aliphatic rings. The number of amides is 1. The first-order valence-electron chi connectivity index (χ1n) is 5.83. The maximum Gasteiger partial charge on any atom is 0.335 e. The molecule has 0 spiro atoms. The van der Waals surface area contributed by atoms with Gasteiger partial charge in [-0.25, -0.2) is 4.79 Å². The number of nitrogens with two attached hydrogens (primary N) is 1. The molecular weight excluding hydrogens is 266 g/mol. The summed E-state index contributed by atoms with van der Waals surface area (Å²) in [6, 6.07) is 1.76. The van der Waals surface area contributed by atoms with Crippen molar-refractivity contribution in [2.24, 2.45) is 5.73 Å². The molecule has 0 aliphatic carbocycles. The van der Waals surface area contributed by atoms with Crippen molar-refractivity contribution >= 4 is 17.8 Å². The van der Waals surface area contributed by atoms with Crippen LogP contribution in [0.4, 0.5) is 0 Å². The van der Waals surface area contributed by atoms with Crippen molar-refractivity contribution in [2.75, 3.05) is 0 Å². The van der Waals surface area contributed by atoms with E-state index in [1.54, 1.807) is 0 Å². The Labute approximate surface area is 114 Å². The summed E-state index contributed by atoms with van der Waals surface area (Å²) in [5.74, 6) is -2.61. The number of hydrogen-bond donors (Lipinski definition) is 4. The summed E-state index contributed by atoms with van der Waals surface area (Å²) in [5, 5.41) is 19.8. The van der Waals surface area contributed by atoms with E-state index in [4.69, 9.17) is 15.9 Å². The number of aliphatic carboxylic acids is 1. The van der Waals surface area contributed by atoms with Gasteiger partial charge in [-0.2, -0.15) is 0 Å². The lowest BCUT2D eigenvalue weighted by Gasteiger charge is -2.11. The molecule has 1 amide bonds. The van der Waals surface area contributed by atoms with Crippen molar-refractivity contribution in [3.8, 4) is 0 Å². The molecule has 8 heteroatoms. The van der Waals surface area contributed by atoms with Gasteiger partial charge in [-0.1, -0.05) is 0 Å². The molecule has 1 unspecified atom stereocenters. The zero-order valence-corrected chi connectivity index (χ0v) is 10.6. The number of nitrogens with one attached hydrogen (secondary N) is 1. The smallest absolute Gasteiger partial charge is 0.335 e. The van der Waals surface area contributed by atoms with Crippen molar-refractivity contribution < 1.29 is 24.6 Å². The Morgan fingerprint density at radius 3 is 2.65 bits per heavy atom. The van der Waals surface area contributed by atoms with Crippen molar-refractivity contribution in [2.45, 2.75) is 25.4 Å². The molecule has 1 aromatic heterocycles. The van der Waals surface area contributed by atoms with Gasteiger partial charge in [0, 0.05) is 12.6 Å². The highest BCUT2D eigenvalue weighted by Gasteiger charge is 2.14. The normalized spacial score (nSPS) is 11.7. The number of carbonyl (C=O) groups is 3. The van der Waals surface area contributed by atoms with E-state index in [-0.39, 0.29) is 24.9 Å². The van der Waals surface area contributed by atoms with E-state index in [0.29, 0.717) is 5.69 Å². The fourth-order valence-electron chi connectivity index (χ4n) is 1.43.